The lowest BCUT2D eigenvalue weighted by Gasteiger charge is -2.28. The topological polar surface area (TPSA) is 47.6 Å². The number of hydrogen-bond donors (Lipinski definition) is 1. The van der Waals surface area contributed by atoms with Crippen molar-refractivity contribution in [3.8, 4) is 11.5 Å². The van der Waals surface area contributed by atoms with E-state index in [0.717, 1.165) is 16.9 Å². The zero-order valence-electron chi connectivity index (χ0n) is 10.7. The van der Waals surface area contributed by atoms with Crippen LogP contribution >= 0.6 is 11.6 Å². The first kappa shape index (κ1) is 13.0. The van der Waals surface area contributed by atoms with E-state index in [-0.39, 0.29) is 18.6 Å². The number of halogens is 1. The minimum Gasteiger partial charge on any atom is -0.454 e. The molecule has 98 valence electrons. The van der Waals surface area contributed by atoms with Gasteiger partial charge in [-0.15, -0.1) is 11.6 Å². The van der Waals surface area contributed by atoms with Gasteiger partial charge < -0.3 is 14.8 Å². The lowest BCUT2D eigenvalue weighted by molar-refractivity contribution is -0.120. The van der Waals surface area contributed by atoms with Gasteiger partial charge in [0.1, 0.15) is 5.88 Å². The fourth-order valence-electron chi connectivity index (χ4n) is 2.17. The average molecular weight is 270 g/mol. The first-order valence-electron chi connectivity index (χ1n) is 5.72. The number of nitrogens with one attached hydrogen (secondary N) is 1. The van der Waals surface area contributed by atoms with Crippen LogP contribution in [-0.4, -0.2) is 18.6 Å². The average Bonchev–Trinajstić information content (AvgIpc) is 2.74. The van der Waals surface area contributed by atoms with Gasteiger partial charge in [-0.25, -0.2) is 0 Å². The van der Waals surface area contributed by atoms with E-state index in [1.54, 1.807) is 0 Å². The molecule has 1 aliphatic rings. The molecule has 0 aromatic heterocycles. The van der Waals surface area contributed by atoms with Crippen LogP contribution in [-0.2, 0) is 10.3 Å². The Hall–Kier alpha value is -1.42. The number of hydrogen-bond acceptors (Lipinski definition) is 3. The molecule has 0 spiro atoms. The smallest absolute Gasteiger partial charge is 0.235 e. The molecule has 1 aromatic rings. The zero-order chi connectivity index (χ0) is 13.3. The number of rotatable bonds is 3. The Labute approximate surface area is 111 Å². The van der Waals surface area contributed by atoms with Crippen LogP contribution in [0.15, 0.2) is 12.1 Å². The molecule has 0 atom stereocenters. The molecular weight excluding hydrogens is 254 g/mol. The summed E-state index contributed by atoms with van der Waals surface area (Å²) in [7, 11) is 0. The lowest BCUT2D eigenvalue weighted by atomic mass is 9.90. The van der Waals surface area contributed by atoms with E-state index >= 15 is 0 Å². The van der Waals surface area contributed by atoms with Crippen LogP contribution in [0.2, 0.25) is 0 Å². The molecule has 1 aromatic carbocycles. The normalized spacial score (nSPS) is 13.6. The molecule has 0 bridgehead atoms. The van der Waals surface area contributed by atoms with Gasteiger partial charge in [-0.1, -0.05) is 0 Å². The van der Waals surface area contributed by atoms with Gasteiger partial charge in [0.2, 0.25) is 12.7 Å². The fourth-order valence-corrected chi connectivity index (χ4v) is 2.23. The van der Waals surface area contributed by atoms with Gasteiger partial charge in [0.25, 0.3) is 0 Å². The van der Waals surface area contributed by atoms with Gasteiger partial charge in [-0.2, -0.15) is 0 Å². The van der Waals surface area contributed by atoms with Gasteiger partial charge in [0, 0.05) is 0 Å². The van der Waals surface area contributed by atoms with E-state index in [0.29, 0.717) is 5.75 Å². The van der Waals surface area contributed by atoms with E-state index < -0.39 is 5.54 Å². The van der Waals surface area contributed by atoms with E-state index in [1.165, 1.54) is 0 Å². The highest BCUT2D eigenvalue weighted by Crippen LogP contribution is 2.37. The molecule has 5 heteroatoms. The standard InChI is InChI=1S/C13H16ClNO3/c1-8-4-10-11(18-7-17-10)5-9(8)13(2,3)15-12(16)6-14/h4-5H,6-7H2,1-3H3,(H,15,16). The quantitative estimate of drug-likeness (QED) is 0.857. The molecule has 0 radical (unpaired) electrons. The molecule has 18 heavy (non-hydrogen) atoms. The highest BCUT2D eigenvalue weighted by molar-refractivity contribution is 6.27. The SMILES string of the molecule is Cc1cc2c(cc1C(C)(C)NC(=O)CCl)OCO2. The molecule has 2 rings (SSSR count). The zero-order valence-corrected chi connectivity index (χ0v) is 11.4. The number of alkyl halides is 1. The number of benzene rings is 1. The van der Waals surface area contributed by atoms with Crippen molar-refractivity contribution >= 4 is 17.5 Å². The molecule has 4 nitrogen and oxygen atoms in total. The fraction of sp³-hybridized carbons (Fsp3) is 0.462. The van der Waals surface area contributed by atoms with Gasteiger partial charge >= 0.3 is 0 Å². The molecule has 0 saturated carbocycles. The van der Waals surface area contributed by atoms with Crippen molar-refractivity contribution < 1.29 is 14.3 Å². The van der Waals surface area contributed by atoms with Gasteiger partial charge in [0.15, 0.2) is 11.5 Å². The number of fused-ring (bicyclic) bond motifs is 1. The first-order valence-corrected chi connectivity index (χ1v) is 6.25. The summed E-state index contributed by atoms with van der Waals surface area (Å²) in [5.74, 6) is 1.21. The van der Waals surface area contributed by atoms with Crippen molar-refractivity contribution in [3.63, 3.8) is 0 Å². The Bertz CT molecular complexity index is 485. The van der Waals surface area contributed by atoms with Crippen molar-refractivity contribution in [1.82, 2.24) is 5.32 Å². The summed E-state index contributed by atoms with van der Waals surface area (Å²) in [6.45, 7) is 6.09. The second kappa shape index (κ2) is 4.69. The van der Waals surface area contributed by atoms with Crippen LogP contribution in [0.25, 0.3) is 0 Å². The maximum Gasteiger partial charge on any atom is 0.235 e. The predicted octanol–water partition coefficient (Wildman–Crippen LogP) is 2.31. The molecule has 0 fully saturated rings. The Morgan fingerprint density at radius 2 is 2.00 bits per heavy atom. The minimum absolute atomic E-state index is 0.0486. The number of carbonyl (C=O) groups is 1. The van der Waals surface area contributed by atoms with E-state index in [2.05, 4.69) is 5.32 Å². The Balaban J connectivity index is 2.35. The van der Waals surface area contributed by atoms with Crippen LogP contribution < -0.4 is 14.8 Å². The molecular formula is C13H16ClNO3. The molecule has 0 aliphatic carbocycles. The number of aryl methyl sites for hydroxylation is 1. The third kappa shape index (κ3) is 2.38. The minimum atomic E-state index is -0.503. The maximum absolute atomic E-state index is 11.4. The predicted molar refractivity (Wildman–Crippen MR) is 69.2 cm³/mol. The van der Waals surface area contributed by atoms with Crippen molar-refractivity contribution in [2.24, 2.45) is 0 Å². The summed E-state index contributed by atoms with van der Waals surface area (Å²) in [6, 6.07) is 3.83. The Kier molecular flexibility index (Phi) is 3.39. The lowest BCUT2D eigenvalue weighted by Crippen LogP contribution is -2.42. The summed E-state index contributed by atoms with van der Waals surface area (Å²) in [4.78, 5) is 11.4. The van der Waals surface area contributed by atoms with E-state index in [1.807, 2.05) is 32.9 Å². The number of ether oxygens (including phenoxy) is 2. The van der Waals surface area contributed by atoms with Crippen molar-refractivity contribution in [3.05, 3.63) is 23.3 Å². The molecule has 1 aliphatic heterocycles. The van der Waals surface area contributed by atoms with Crippen LogP contribution in [0, 0.1) is 6.92 Å². The van der Waals surface area contributed by atoms with Gasteiger partial charge in [0.05, 0.1) is 5.54 Å². The summed E-state index contributed by atoms with van der Waals surface area (Å²) in [6.07, 6.45) is 0. The van der Waals surface area contributed by atoms with Crippen molar-refractivity contribution in [1.29, 1.82) is 0 Å². The largest absolute Gasteiger partial charge is 0.454 e. The summed E-state index contributed by atoms with van der Waals surface area (Å²) >= 11 is 5.52. The third-order valence-electron chi connectivity index (χ3n) is 2.97. The second-order valence-electron chi connectivity index (χ2n) is 4.83. The first-order chi connectivity index (χ1) is 8.44. The molecule has 1 heterocycles. The number of amides is 1. The molecule has 0 unspecified atom stereocenters. The highest BCUT2D eigenvalue weighted by atomic mass is 35.5. The van der Waals surface area contributed by atoms with E-state index in [9.17, 15) is 4.79 Å². The summed E-state index contributed by atoms with van der Waals surface area (Å²) in [5.41, 5.74) is 1.53. The van der Waals surface area contributed by atoms with Crippen LogP contribution in [0.4, 0.5) is 0 Å². The third-order valence-corrected chi connectivity index (χ3v) is 3.21. The van der Waals surface area contributed by atoms with Gasteiger partial charge in [-0.05, 0) is 44.0 Å². The highest BCUT2D eigenvalue weighted by Gasteiger charge is 2.27. The summed E-state index contributed by atoms with van der Waals surface area (Å²) in [5, 5.41) is 2.89. The van der Waals surface area contributed by atoms with Crippen molar-refractivity contribution in [2.45, 2.75) is 26.3 Å². The molecule has 1 amide bonds. The van der Waals surface area contributed by atoms with Crippen LogP contribution in [0.5, 0.6) is 11.5 Å². The molecule has 0 saturated heterocycles. The van der Waals surface area contributed by atoms with Crippen LogP contribution in [0.3, 0.4) is 0 Å². The van der Waals surface area contributed by atoms with Crippen molar-refractivity contribution in [2.75, 3.05) is 12.7 Å². The molecule has 1 N–H and O–H groups in total. The summed E-state index contributed by atoms with van der Waals surface area (Å²) < 4.78 is 10.7. The van der Waals surface area contributed by atoms with Gasteiger partial charge in [-0.3, -0.25) is 4.79 Å². The second-order valence-corrected chi connectivity index (χ2v) is 5.09. The Morgan fingerprint density at radius 3 is 2.61 bits per heavy atom. The van der Waals surface area contributed by atoms with Crippen LogP contribution in [0.1, 0.15) is 25.0 Å². The maximum atomic E-state index is 11.4. The van der Waals surface area contributed by atoms with E-state index in [4.69, 9.17) is 21.1 Å². The Morgan fingerprint density at radius 1 is 1.39 bits per heavy atom. The number of carbonyl (C=O) groups excluding carboxylic acids is 1. The monoisotopic (exact) mass is 269 g/mol.